The first kappa shape index (κ1) is 15.7. The largest absolute Gasteiger partial charge is 0.494 e. The third-order valence-electron chi connectivity index (χ3n) is 2.40. The Balaban J connectivity index is 2.29. The van der Waals surface area contributed by atoms with Crippen LogP contribution in [-0.2, 0) is 4.74 Å². The summed E-state index contributed by atoms with van der Waals surface area (Å²) in [5, 5.41) is 6.87. The summed E-state index contributed by atoms with van der Waals surface area (Å²) in [5.41, 5.74) is 0.952. The topological polar surface area (TPSA) is 42.5 Å². The van der Waals surface area contributed by atoms with Gasteiger partial charge in [0.15, 0.2) is 5.11 Å². The van der Waals surface area contributed by atoms with E-state index >= 15 is 0 Å². The second-order valence-electron chi connectivity index (χ2n) is 4.10. The van der Waals surface area contributed by atoms with Gasteiger partial charge in [0.05, 0.1) is 6.61 Å². The molecule has 1 aromatic rings. The van der Waals surface area contributed by atoms with Gasteiger partial charge in [-0.2, -0.15) is 0 Å². The van der Waals surface area contributed by atoms with E-state index in [9.17, 15) is 0 Å². The first-order valence-electron chi connectivity index (χ1n) is 6.53. The van der Waals surface area contributed by atoms with Gasteiger partial charge in [-0.15, -0.1) is 0 Å². The normalized spacial score (nSPS) is 10.0. The highest BCUT2D eigenvalue weighted by molar-refractivity contribution is 7.80. The first-order chi connectivity index (χ1) is 9.26. The van der Waals surface area contributed by atoms with E-state index < -0.39 is 0 Å². The lowest BCUT2D eigenvalue weighted by Crippen LogP contribution is -2.29. The molecule has 0 aliphatic heterocycles. The molecule has 0 unspecified atom stereocenters. The summed E-state index contributed by atoms with van der Waals surface area (Å²) in [5.74, 6) is 0.881. The zero-order chi connectivity index (χ0) is 13.9. The highest BCUT2D eigenvalue weighted by Gasteiger charge is 1.98. The highest BCUT2D eigenvalue weighted by Crippen LogP contribution is 2.15. The molecule has 0 bridgehead atoms. The van der Waals surface area contributed by atoms with E-state index in [0.29, 0.717) is 5.11 Å². The van der Waals surface area contributed by atoms with Crippen LogP contribution in [0.25, 0.3) is 0 Å². The lowest BCUT2D eigenvalue weighted by atomic mass is 10.3. The molecular weight excluding hydrogens is 260 g/mol. The molecule has 0 fully saturated rings. The predicted molar refractivity (Wildman–Crippen MR) is 82.9 cm³/mol. The molecule has 4 nitrogen and oxygen atoms in total. The van der Waals surface area contributed by atoms with E-state index in [0.717, 1.165) is 44.0 Å². The molecule has 19 heavy (non-hydrogen) atoms. The van der Waals surface area contributed by atoms with Crippen LogP contribution in [0.5, 0.6) is 5.75 Å². The van der Waals surface area contributed by atoms with E-state index in [1.165, 1.54) is 0 Å². The van der Waals surface area contributed by atoms with Crippen LogP contribution in [0, 0.1) is 0 Å². The number of methoxy groups -OCH3 is 1. The molecule has 0 saturated carbocycles. The maximum absolute atomic E-state index is 5.52. The van der Waals surface area contributed by atoms with Gasteiger partial charge in [0.1, 0.15) is 5.75 Å². The van der Waals surface area contributed by atoms with Crippen LogP contribution in [0.1, 0.15) is 19.8 Å². The Hall–Kier alpha value is -1.33. The van der Waals surface area contributed by atoms with Crippen molar-refractivity contribution in [3.8, 4) is 5.75 Å². The van der Waals surface area contributed by atoms with Crippen molar-refractivity contribution in [1.82, 2.24) is 5.32 Å². The van der Waals surface area contributed by atoms with Gasteiger partial charge in [-0.05, 0) is 49.3 Å². The van der Waals surface area contributed by atoms with E-state index in [1.807, 2.05) is 24.3 Å². The fourth-order valence-electron chi connectivity index (χ4n) is 1.45. The van der Waals surface area contributed by atoms with Gasteiger partial charge in [0.2, 0.25) is 0 Å². The van der Waals surface area contributed by atoms with E-state index in [1.54, 1.807) is 7.11 Å². The summed E-state index contributed by atoms with van der Waals surface area (Å²) < 4.78 is 10.5. The van der Waals surface area contributed by atoms with Crippen LogP contribution in [0.2, 0.25) is 0 Å². The number of hydrogen-bond acceptors (Lipinski definition) is 3. The Bertz CT molecular complexity index is 368. The van der Waals surface area contributed by atoms with Crippen LogP contribution < -0.4 is 15.4 Å². The average Bonchev–Trinajstić information content (AvgIpc) is 2.43. The van der Waals surface area contributed by atoms with Gasteiger partial charge in [-0.3, -0.25) is 0 Å². The van der Waals surface area contributed by atoms with Crippen molar-refractivity contribution >= 4 is 23.0 Å². The molecule has 0 aromatic heterocycles. The number of thiocarbonyl (C=S) groups is 1. The van der Waals surface area contributed by atoms with Crippen LogP contribution in [0.3, 0.4) is 0 Å². The summed E-state index contributed by atoms with van der Waals surface area (Å²) in [6, 6.07) is 7.78. The number of nitrogens with one attached hydrogen (secondary N) is 2. The van der Waals surface area contributed by atoms with Crippen molar-refractivity contribution < 1.29 is 9.47 Å². The maximum atomic E-state index is 5.52. The van der Waals surface area contributed by atoms with Crippen LogP contribution >= 0.6 is 12.2 Å². The minimum atomic E-state index is 0.623. The fraction of sp³-hybridized carbons (Fsp3) is 0.500. The van der Waals surface area contributed by atoms with E-state index in [-0.39, 0.29) is 0 Å². The second kappa shape index (κ2) is 9.58. The maximum Gasteiger partial charge on any atom is 0.170 e. The van der Waals surface area contributed by atoms with Crippen molar-refractivity contribution in [3.05, 3.63) is 24.3 Å². The fourth-order valence-corrected chi connectivity index (χ4v) is 1.67. The van der Waals surface area contributed by atoms with Gasteiger partial charge < -0.3 is 20.1 Å². The van der Waals surface area contributed by atoms with Gasteiger partial charge in [-0.1, -0.05) is 6.92 Å². The number of rotatable bonds is 8. The number of ether oxygens (including phenoxy) is 2. The van der Waals surface area contributed by atoms with Crippen molar-refractivity contribution in [2.75, 3.05) is 32.2 Å². The zero-order valence-corrected chi connectivity index (χ0v) is 12.4. The van der Waals surface area contributed by atoms with Gasteiger partial charge >= 0.3 is 0 Å². The lowest BCUT2D eigenvalue weighted by molar-refractivity contribution is 0.196. The third-order valence-corrected chi connectivity index (χ3v) is 2.64. The van der Waals surface area contributed by atoms with Crippen LogP contribution in [0.15, 0.2) is 24.3 Å². The molecule has 0 radical (unpaired) electrons. The summed E-state index contributed by atoms with van der Waals surface area (Å²) >= 11 is 5.19. The minimum absolute atomic E-state index is 0.623. The molecule has 0 amide bonds. The van der Waals surface area contributed by atoms with Crippen LogP contribution in [-0.4, -0.2) is 32.0 Å². The Kier molecular flexibility index (Phi) is 7.93. The Morgan fingerprint density at radius 2 is 1.95 bits per heavy atom. The third kappa shape index (κ3) is 6.98. The number of anilines is 1. The number of hydrogen-bond donors (Lipinski definition) is 2. The molecule has 0 atom stereocenters. The smallest absolute Gasteiger partial charge is 0.170 e. The Morgan fingerprint density at radius 1 is 1.21 bits per heavy atom. The molecular formula is C14H22N2O2S. The standard InChI is InChI=1S/C14H22N2O2S/c1-3-10-18-13-7-5-12(6-8-13)16-14(19)15-9-4-11-17-2/h5-8H,3-4,9-11H2,1-2H3,(H2,15,16,19). The SMILES string of the molecule is CCCOc1ccc(NC(=S)NCCCOC)cc1. The molecule has 2 N–H and O–H groups in total. The summed E-state index contributed by atoms with van der Waals surface area (Å²) in [7, 11) is 1.69. The average molecular weight is 282 g/mol. The quantitative estimate of drug-likeness (QED) is 0.567. The van der Waals surface area contributed by atoms with Crippen molar-refractivity contribution in [1.29, 1.82) is 0 Å². The highest BCUT2D eigenvalue weighted by atomic mass is 32.1. The summed E-state index contributed by atoms with van der Waals surface area (Å²) in [6.45, 7) is 4.37. The molecule has 0 heterocycles. The van der Waals surface area contributed by atoms with Gasteiger partial charge in [-0.25, -0.2) is 0 Å². The van der Waals surface area contributed by atoms with Gasteiger partial charge in [0, 0.05) is 25.9 Å². The molecule has 0 aliphatic carbocycles. The van der Waals surface area contributed by atoms with Crippen LogP contribution in [0.4, 0.5) is 5.69 Å². The Morgan fingerprint density at radius 3 is 2.58 bits per heavy atom. The van der Waals surface area contributed by atoms with Crippen molar-refractivity contribution in [2.45, 2.75) is 19.8 Å². The summed E-state index contributed by atoms with van der Waals surface area (Å²) in [4.78, 5) is 0. The molecule has 1 rings (SSSR count). The molecule has 5 heteroatoms. The molecule has 106 valence electrons. The van der Waals surface area contributed by atoms with Crippen molar-refractivity contribution in [3.63, 3.8) is 0 Å². The lowest BCUT2D eigenvalue weighted by Gasteiger charge is -2.11. The minimum Gasteiger partial charge on any atom is -0.494 e. The van der Waals surface area contributed by atoms with E-state index in [2.05, 4.69) is 17.6 Å². The summed E-state index contributed by atoms with van der Waals surface area (Å²) in [6.07, 6.45) is 1.94. The molecule has 0 aliphatic rings. The molecule has 1 aromatic carbocycles. The predicted octanol–water partition coefficient (Wildman–Crippen LogP) is 2.80. The second-order valence-corrected chi connectivity index (χ2v) is 4.51. The first-order valence-corrected chi connectivity index (χ1v) is 6.93. The van der Waals surface area contributed by atoms with Crippen molar-refractivity contribution in [2.24, 2.45) is 0 Å². The number of benzene rings is 1. The van der Waals surface area contributed by atoms with Gasteiger partial charge in [0.25, 0.3) is 0 Å². The zero-order valence-electron chi connectivity index (χ0n) is 11.6. The molecule has 0 spiro atoms. The monoisotopic (exact) mass is 282 g/mol. The van der Waals surface area contributed by atoms with E-state index in [4.69, 9.17) is 21.7 Å². The Labute approximate surface area is 120 Å². The molecule has 0 saturated heterocycles.